The van der Waals surface area contributed by atoms with Crippen LogP contribution in [-0.4, -0.2) is 35.7 Å². The Morgan fingerprint density at radius 3 is 2.57 bits per heavy atom. The van der Waals surface area contributed by atoms with Gasteiger partial charge in [0.1, 0.15) is 5.75 Å². The van der Waals surface area contributed by atoms with Crippen molar-refractivity contribution in [2.24, 2.45) is 12.0 Å². The number of halogens is 3. The molecule has 1 aromatic heterocycles. The molecule has 1 aliphatic rings. The van der Waals surface area contributed by atoms with Crippen molar-refractivity contribution < 1.29 is 23.0 Å². The molecule has 0 saturated carbocycles. The molecule has 0 atom stereocenters. The fourth-order valence-corrected chi connectivity index (χ4v) is 3.05. The number of benzene rings is 1. The maximum absolute atomic E-state index is 12.8. The number of guanidine groups is 1. The van der Waals surface area contributed by atoms with Crippen LogP contribution in [0.3, 0.4) is 0 Å². The molecular formula is C19H26F2IN5O3. The van der Waals surface area contributed by atoms with Crippen LogP contribution in [0.1, 0.15) is 29.4 Å². The first-order valence-electron chi connectivity index (χ1n) is 9.27. The monoisotopic (exact) mass is 537 g/mol. The molecule has 30 heavy (non-hydrogen) atoms. The summed E-state index contributed by atoms with van der Waals surface area (Å²) in [5, 5.41) is 10.8. The van der Waals surface area contributed by atoms with Gasteiger partial charge in [-0.05, 0) is 26.8 Å². The van der Waals surface area contributed by atoms with E-state index < -0.39 is 6.61 Å². The third kappa shape index (κ3) is 5.64. The molecule has 166 valence electrons. The molecule has 1 aliphatic heterocycles. The van der Waals surface area contributed by atoms with Crippen molar-refractivity contribution in [3.05, 3.63) is 34.6 Å². The van der Waals surface area contributed by atoms with E-state index in [1.807, 2.05) is 32.5 Å². The molecule has 0 aliphatic carbocycles. The Morgan fingerprint density at radius 1 is 1.27 bits per heavy atom. The molecule has 11 heteroatoms. The second-order valence-electron chi connectivity index (χ2n) is 6.51. The minimum Gasteiger partial charge on any atom is -0.454 e. The number of aryl methyl sites for hydroxylation is 2. The summed E-state index contributed by atoms with van der Waals surface area (Å²) in [7, 11) is 1.90. The van der Waals surface area contributed by atoms with Crippen LogP contribution in [0.2, 0.25) is 0 Å². The molecule has 0 saturated heterocycles. The first-order valence-corrected chi connectivity index (χ1v) is 9.27. The summed E-state index contributed by atoms with van der Waals surface area (Å²) in [6.07, 6.45) is 0. The van der Waals surface area contributed by atoms with Gasteiger partial charge in [0.05, 0.1) is 12.2 Å². The van der Waals surface area contributed by atoms with Crippen LogP contribution < -0.4 is 24.8 Å². The van der Waals surface area contributed by atoms with Gasteiger partial charge in [0.15, 0.2) is 17.5 Å². The van der Waals surface area contributed by atoms with E-state index in [1.54, 1.807) is 6.07 Å². The van der Waals surface area contributed by atoms with Gasteiger partial charge >= 0.3 is 6.61 Å². The van der Waals surface area contributed by atoms with E-state index in [2.05, 4.69) is 25.5 Å². The lowest BCUT2D eigenvalue weighted by Crippen LogP contribution is -2.37. The number of nitrogens with one attached hydrogen (secondary N) is 2. The van der Waals surface area contributed by atoms with E-state index in [9.17, 15) is 8.78 Å². The van der Waals surface area contributed by atoms with Gasteiger partial charge in [0.2, 0.25) is 6.79 Å². The number of hydrogen-bond donors (Lipinski definition) is 2. The Labute approximate surface area is 191 Å². The summed E-state index contributed by atoms with van der Waals surface area (Å²) in [4.78, 5) is 4.50. The van der Waals surface area contributed by atoms with Crippen LogP contribution in [0.4, 0.5) is 8.78 Å². The molecule has 0 bridgehead atoms. The van der Waals surface area contributed by atoms with Crippen molar-refractivity contribution in [3.8, 4) is 17.2 Å². The third-order valence-corrected chi connectivity index (χ3v) is 4.61. The highest BCUT2D eigenvalue weighted by Crippen LogP contribution is 2.39. The number of nitrogens with zero attached hydrogens (tertiary/aromatic N) is 3. The van der Waals surface area contributed by atoms with Crippen LogP contribution >= 0.6 is 24.0 Å². The highest BCUT2D eigenvalue weighted by molar-refractivity contribution is 14.0. The molecular weight excluding hydrogens is 511 g/mol. The van der Waals surface area contributed by atoms with E-state index in [0.717, 1.165) is 17.0 Å². The Kier molecular flexibility index (Phi) is 8.50. The summed E-state index contributed by atoms with van der Waals surface area (Å²) in [5.41, 5.74) is 3.56. The fraction of sp³-hybridized carbons (Fsp3) is 0.474. The SMILES string of the molecule is CCNC(=NCc1cc2c(cc1OC(F)F)OCO2)NCc1c(C)nn(C)c1C.I. The zero-order valence-electron chi connectivity index (χ0n) is 17.3. The molecule has 0 spiro atoms. The minimum atomic E-state index is -2.94. The summed E-state index contributed by atoms with van der Waals surface area (Å²) in [6.45, 7) is 4.32. The number of alkyl halides is 2. The predicted molar refractivity (Wildman–Crippen MR) is 119 cm³/mol. The molecule has 2 N–H and O–H groups in total. The molecule has 0 fully saturated rings. The predicted octanol–water partition coefficient (Wildman–Crippen LogP) is 3.24. The van der Waals surface area contributed by atoms with Crippen molar-refractivity contribution in [2.45, 2.75) is 40.5 Å². The van der Waals surface area contributed by atoms with Gasteiger partial charge in [0, 0.05) is 43.0 Å². The second kappa shape index (κ2) is 10.6. The molecule has 0 radical (unpaired) electrons. The van der Waals surface area contributed by atoms with Crippen molar-refractivity contribution in [1.29, 1.82) is 0 Å². The van der Waals surface area contributed by atoms with Crippen molar-refractivity contribution >= 4 is 29.9 Å². The standard InChI is InChI=1S/C19H25F2N5O3.HI/c1-5-22-19(24-9-14-11(2)25-26(4)12(14)3)23-8-13-6-16-17(28-10-27-16)7-15(13)29-18(20)21;/h6-7,18H,5,8-10H2,1-4H3,(H2,22,23,24);1H. The van der Waals surface area contributed by atoms with E-state index in [1.165, 1.54) is 6.07 Å². The van der Waals surface area contributed by atoms with Gasteiger partial charge in [0.25, 0.3) is 0 Å². The van der Waals surface area contributed by atoms with Crippen molar-refractivity contribution in [1.82, 2.24) is 20.4 Å². The number of ether oxygens (including phenoxy) is 3. The summed E-state index contributed by atoms with van der Waals surface area (Å²) >= 11 is 0. The zero-order chi connectivity index (χ0) is 21.0. The second-order valence-corrected chi connectivity index (χ2v) is 6.51. The largest absolute Gasteiger partial charge is 0.454 e. The minimum absolute atomic E-state index is 0. The van der Waals surface area contributed by atoms with Crippen LogP contribution in [0.5, 0.6) is 17.2 Å². The molecule has 3 rings (SSSR count). The van der Waals surface area contributed by atoms with Gasteiger partial charge in [-0.2, -0.15) is 13.9 Å². The van der Waals surface area contributed by atoms with Gasteiger partial charge in [-0.1, -0.05) is 0 Å². The number of rotatable bonds is 7. The Bertz CT molecular complexity index is 905. The number of aliphatic imine (C=N–C) groups is 1. The Morgan fingerprint density at radius 2 is 1.97 bits per heavy atom. The van der Waals surface area contributed by atoms with E-state index in [4.69, 9.17) is 9.47 Å². The first kappa shape index (κ1) is 24.0. The molecule has 0 unspecified atom stereocenters. The number of aromatic nitrogens is 2. The normalized spacial score (nSPS) is 12.7. The van der Waals surface area contributed by atoms with Crippen LogP contribution in [0.15, 0.2) is 17.1 Å². The topological polar surface area (TPSA) is 81.9 Å². The molecule has 2 heterocycles. The van der Waals surface area contributed by atoms with E-state index in [0.29, 0.717) is 36.1 Å². The van der Waals surface area contributed by atoms with Gasteiger partial charge < -0.3 is 24.8 Å². The highest BCUT2D eigenvalue weighted by atomic mass is 127. The summed E-state index contributed by atoms with van der Waals surface area (Å²) in [6, 6.07) is 3.02. The average Bonchev–Trinajstić information content (AvgIpc) is 3.21. The smallest absolute Gasteiger partial charge is 0.387 e. The van der Waals surface area contributed by atoms with Crippen LogP contribution in [-0.2, 0) is 20.1 Å². The van der Waals surface area contributed by atoms with E-state index in [-0.39, 0.29) is 43.1 Å². The maximum atomic E-state index is 12.8. The maximum Gasteiger partial charge on any atom is 0.387 e. The van der Waals surface area contributed by atoms with Crippen LogP contribution in [0.25, 0.3) is 0 Å². The summed E-state index contributed by atoms with van der Waals surface area (Å²) < 4.78 is 42.6. The Hall–Kier alpha value is -2.31. The van der Waals surface area contributed by atoms with Gasteiger partial charge in [-0.3, -0.25) is 4.68 Å². The Balaban J connectivity index is 0.00000320. The molecule has 8 nitrogen and oxygen atoms in total. The fourth-order valence-electron chi connectivity index (χ4n) is 3.05. The third-order valence-electron chi connectivity index (χ3n) is 4.61. The lowest BCUT2D eigenvalue weighted by molar-refractivity contribution is -0.0505. The first-order chi connectivity index (χ1) is 13.9. The lowest BCUT2D eigenvalue weighted by atomic mass is 10.1. The zero-order valence-corrected chi connectivity index (χ0v) is 19.6. The van der Waals surface area contributed by atoms with Crippen LogP contribution in [0, 0.1) is 13.8 Å². The van der Waals surface area contributed by atoms with Crippen molar-refractivity contribution in [3.63, 3.8) is 0 Å². The highest BCUT2D eigenvalue weighted by Gasteiger charge is 2.20. The number of fused-ring (bicyclic) bond motifs is 1. The van der Waals surface area contributed by atoms with E-state index >= 15 is 0 Å². The van der Waals surface area contributed by atoms with Gasteiger partial charge in [-0.15, -0.1) is 24.0 Å². The molecule has 1 aromatic carbocycles. The quantitative estimate of drug-likeness (QED) is 0.321. The van der Waals surface area contributed by atoms with Gasteiger partial charge in [-0.25, -0.2) is 4.99 Å². The van der Waals surface area contributed by atoms with Crippen molar-refractivity contribution in [2.75, 3.05) is 13.3 Å². The molecule has 0 amide bonds. The number of hydrogen-bond acceptors (Lipinski definition) is 5. The average molecular weight is 537 g/mol. The lowest BCUT2D eigenvalue weighted by Gasteiger charge is -2.13. The molecule has 2 aromatic rings. The summed E-state index contributed by atoms with van der Waals surface area (Å²) in [5.74, 6) is 1.43.